The van der Waals surface area contributed by atoms with E-state index in [1.807, 2.05) is 49.4 Å². The number of amides is 4. The number of carbonyl (C=O) groups is 4. The Morgan fingerprint density at radius 3 is 2.18 bits per heavy atom. The van der Waals surface area contributed by atoms with E-state index in [-0.39, 0.29) is 41.6 Å². The van der Waals surface area contributed by atoms with Crippen molar-refractivity contribution in [3.8, 4) is 21.7 Å². The number of imidazole rings is 2. The monoisotopic (exact) mass is 767 g/mol. The Morgan fingerprint density at radius 1 is 0.909 bits per heavy atom. The fraction of sp³-hybridized carbons (Fsp3) is 0.475. The van der Waals surface area contributed by atoms with Gasteiger partial charge in [0.1, 0.15) is 24.5 Å². The number of thiazole rings is 1. The molecule has 0 saturated carbocycles. The summed E-state index contributed by atoms with van der Waals surface area (Å²) < 4.78 is 2.04. The van der Waals surface area contributed by atoms with Crippen LogP contribution in [0.2, 0.25) is 0 Å². The van der Waals surface area contributed by atoms with Gasteiger partial charge in [0.05, 0.1) is 34.5 Å². The van der Waals surface area contributed by atoms with Gasteiger partial charge in [-0.3, -0.25) is 28.6 Å². The lowest BCUT2D eigenvalue weighted by molar-refractivity contribution is -0.139. The number of nitrogens with zero attached hydrogens (tertiary/aromatic N) is 6. The molecule has 3 aliphatic rings. The van der Waals surface area contributed by atoms with E-state index >= 15 is 0 Å². The fourth-order valence-corrected chi connectivity index (χ4v) is 8.84. The summed E-state index contributed by atoms with van der Waals surface area (Å²) in [5.41, 5.74) is 5.74. The summed E-state index contributed by atoms with van der Waals surface area (Å²) >= 11 is 1.61. The van der Waals surface area contributed by atoms with Crippen molar-refractivity contribution in [2.24, 2.45) is 16.8 Å². The molecule has 4 aromatic rings. The second-order valence-electron chi connectivity index (χ2n) is 15.4. The zero-order chi connectivity index (χ0) is 39.0. The van der Waals surface area contributed by atoms with Gasteiger partial charge in [-0.2, -0.15) is 0 Å². The molecule has 4 atom stereocenters. The molecule has 0 bridgehead atoms. The normalized spacial score (nSPS) is 19.6. The Balaban J connectivity index is 0.988. The molecule has 4 N–H and O–H groups in total. The highest BCUT2D eigenvalue weighted by atomic mass is 32.1. The molecule has 6 heterocycles. The number of rotatable bonds is 12. The molecule has 1 unspecified atom stereocenters. The molecule has 14 nitrogen and oxygen atoms in total. The van der Waals surface area contributed by atoms with E-state index in [1.54, 1.807) is 22.4 Å². The van der Waals surface area contributed by atoms with Crippen LogP contribution in [0.3, 0.4) is 0 Å². The third-order valence-electron chi connectivity index (χ3n) is 10.8. The predicted molar refractivity (Wildman–Crippen MR) is 211 cm³/mol. The van der Waals surface area contributed by atoms with Crippen LogP contribution in [0, 0.1) is 11.8 Å². The lowest BCUT2D eigenvalue weighted by Gasteiger charge is -2.31. The van der Waals surface area contributed by atoms with E-state index in [9.17, 15) is 24.3 Å². The number of nitrogens with one attached hydrogen (secondary N) is 3. The van der Waals surface area contributed by atoms with E-state index in [0.29, 0.717) is 25.3 Å². The van der Waals surface area contributed by atoms with Gasteiger partial charge in [0.15, 0.2) is 4.96 Å². The van der Waals surface area contributed by atoms with Gasteiger partial charge >= 0.3 is 0 Å². The van der Waals surface area contributed by atoms with Crippen molar-refractivity contribution in [3.05, 3.63) is 60.6 Å². The number of benzene rings is 1. The van der Waals surface area contributed by atoms with Gasteiger partial charge in [-0.15, -0.1) is 0 Å². The first-order chi connectivity index (χ1) is 26.4. The SMILES string of the molecule is CC(=O)N[C@H](C(=O)N1CCCC1C1=NC=C(c2cn3cc(-c4ccc(-c5cnc([C@@H]6CCCN6C(=O)[C@@H](NC(=O)CO)C(C)C)[nH]5)cc4)sc3n2)C1)C(C)C. The largest absolute Gasteiger partial charge is 0.387 e. The van der Waals surface area contributed by atoms with Gasteiger partial charge in [-0.05, 0) is 48.6 Å². The van der Waals surface area contributed by atoms with E-state index in [1.165, 1.54) is 6.92 Å². The van der Waals surface area contributed by atoms with Crippen molar-refractivity contribution in [2.45, 2.75) is 90.9 Å². The quantitative estimate of drug-likeness (QED) is 0.163. The number of aliphatic hydroxyl groups excluding tert-OH is 1. The smallest absolute Gasteiger partial charge is 0.246 e. The Kier molecular flexibility index (Phi) is 11.0. The van der Waals surface area contributed by atoms with Crippen LogP contribution in [-0.4, -0.2) is 101 Å². The van der Waals surface area contributed by atoms with Gasteiger partial charge in [-0.1, -0.05) is 63.3 Å². The van der Waals surface area contributed by atoms with Crippen LogP contribution in [-0.2, 0) is 19.2 Å². The molecule has 3 aromatic heterocycles. The molecule has 2 fully saturated rings. The number of H-pyrrole nitrogens is 1. The Morgan fingerprint density at radius 2 is 1.55 bits per heavy atom. The van der Waals surface area contributed by atoms with Crippen LogP contribution in [0.4, 0.5) is 0 Å². The Hall–Kier alpha value is -5.15. The third-order valence-corrected chi connectivity index (χ3v) is 11.8. The first-order valence-corrected chi connectivity index (χ1v) is 19.9. The second-order valence-corrected chi connectivity index (χ2v) is 16.4. The van der Waals surface area contributed by atoms with Gasteiger partial charge in [0.25, 0.3) is 0 Å². The number of aliphatic imine (C=N–C) groups is 1. The first-order valence-electron chi connectivity index (χ1n) is 19.1. The Labute approximate surface area is 324 Å². The number of aromatic nitrogens is 4. The van der Waals surface area contributed by atoms with E-state index in [2.05, 4.69) is 51.1 Å². The molecule has 0 spiro atoms. The molecule has 290 valence electrons. The number of hydrogen-bond donors (Lipinski definition) is 4. The summed E-state index contributed by atoms with van der Waals surface area (Å²) in [5.74, 6) is -0.426. The summed E-state index contributed by atoms with van der Waals surface area (Å²) in [7, 11) is 0. The highest BCUT2D eigenvalue weighted by Gasteiger charge is 2.39. The summed E-state index contributed by atoms with van der Waals surface area (Å²) in [6.07, 6.45) is 11.8. The topological polar surface area (TPSA) is 177 Å². The standard InChI is InChI=1S/C40H49N9O5S/c1-22(2)35(43-24(5)51)38(53)48-14-6-8-31(48)28-16-27(17-41-28)30-19-47-20-33(55-40(47)45-30)26-12-10-25(11-13-26)29-18-42-37(44-29)32-9-7-15-49(32)39(54)36(23(3)4)46-34(52)21-50/h10-13,17-20,22-23,31-32,35-36,50H,6-9,14-16,21H2,1-5H3,(H,42,44)(H,43,51)(H,46,52)/t31?,32-,35-,36-/m0/s1. The number of carbonyl (C=O) groups excluding carboxylic acids is 4. The average Bonchev–Trinajstić information content (AvgIpc) is 4.00. The van der Waals surface area contributed by atoms with E-state index in [0.717, 1.165) is 69.3 Å². The zero-order valence-corrected chi connectivity index (χ0v) is 32.7. The van der Waals surface area contributed by atoms with E-state index in [4.69, 9.17) is 9.98 Å². The van der Waals surface area contributed by atoms with Crippen molar-refractivity contribution < 1.29 is 24.3 Å². The molecule has 1 aromatic carbocycles. The first kappa shape index (κ1) is 38.1. The molecule has 7 rings (SSSR count). The number of hydrogen-bond acceptors (Lipinski definition) is 9. The number of likely N-dealkylation sites (tertiary alicyclic amines) is 2. The fourth-order valence-electron chi connectivity index (χ4n) is 7.87. The average molecular weight is 768 g/mol. The lowest BCUT2D eigenvalue weighted by atomic mass is 9.99. The highest BCUT2D eigenvalue weighted by Crippen LogP contribution is 2.36. The van der Waals surface area contributed by atoms with Crippen LogP contribution < -0.4 is 10.6 Å². The minimum atomic E-state index is -0.719. The second kappa shape index (κ2) is 15.9. The van der Waals surface area contributed by atoms with E-state index < -0.39 is 24.6 Å². The van der Waals surface area contributed by atoms with Crippen molar-refractivity contribution in [1.29, 1.82) is 0 Å². The Bertz CT molecular complexity index is 2110. The van der Waals surface area contributed by atoms with Crippen LogP contribution >= 0.6 is 11.3 Å². The molecule has 0 aliphatic carbocycles. The van der Waals surface area contributed by atoms with Crippen molar-refractivity contribution in [2.75, 3.05) is 19.7 Å². The number of fused-ring (bicyclic) bond motifs is 1. The maximum Gasteiger partial charge on any atom is 0.246 e. The third kappa shape index (κ3) is 7.85. The summed E-state index contributed by atoms with van der Waals surface area (Å²) in [6.45, 7) is 9.67. The van der Waals surface area contributed by atoms with Crippen LogP contribution in [0.25, 0.3) is 32.2 Å². The van der Waals surface area contributed by atoms with Gasteiger partial charge < -0.3 is 30.5 Å². The van der Waals surface area contributed by atoms with Crippen molar-refractivity contribution >= 4 is 51.2 Å². The molecule has 15 heteroatoms. The van der Waals surface area contributed by atoms with Crippen LogP contribution in [0.5, 0.6) is 0 Å². The van der Waals surface area contributed by atoms with Gasteiger partial charge in [0, 0.05) is 56.3 Å². The van der Waals surface area contributed by atoms with Crippen LogP contribution in [0.15, 0.2) is 54.0 Å². The number of aromatic amines is 1. The highest BCUT2D eigenvalue weighted by molar-refractivity contribution is 7.20. The lowest BCUT2D eigenvalue weighted by Crippen LogP contribution is -2.53. The number of allylic oxidation sites excluding steroid dienone is 1. The molecular formula is C40H49N9O5S. The minimum Gasteiger partial charge on any atom is -0.387 e. The molecule has 0 radical (unpaired) electrons. The minimum absolute atomic E-state index is 0.0169. The summed E-state index contributed by atoms with van der Waals surface area (Å²) in [6, 6.07) is 6.68. The molecule has 55 heavy (non-hydrogen) atoms. The molecule has 3 aliphatic heterocycles. The number of aliphatic hydroxyl groups is 1. The maximum atomic E-state index is 13.5. The maximum absolute atomic E-state index is 13.5. The van der Waals surface area contributed by atoms with Gasteiger partial charge in [0.2, 0.25) is 23.6 Å². The summed E-state index contributed by atoms with van der Waals surface area (Å²) in [4.78, 5) is 74.2. The van der Waals surface area contributed by atoms with Crippen molar-refractivity contribution in [1.82, 2.24) is 39.8 Å². The zero-order valence-electron chi connectivity index (χ0n) is 31.9. The van der Waals surface area contributed by atoms with Gasteiger partial charge in [-0.25, -0.2) is 9.97 Å². The molecular weight excluding hydrogens is 719 g/mol. The summed E-state index contributed by atoms with van der Waals surface area (Å²) in [5, 5.41) is 14.7. The predicted octanol–water partition coefficient (Wildman–Crippen LogP) is 4.59. The van der Waals surface area contributed by atoms with Crippen LogP contribution in [0.1, 0.15) is 84.3 Å². The molecule has 4 amide bonds. The molecule has 2 saturated heterocycles. The van der Waals surface area contributed by atoms with Crippen molar-refractivity contribution in [3.63, 3.8) is 0 Å².